The smallest absolute Gasteiger partial charge is 0.0928 e. The van der Waals surface area contributed by atoms with Crippen molar-refractivity contribution in [1.29, 1.82) is 0 Å². The fourth-order valence-corrected chi connectivity index (χ4v) is 1.99. The quantitative estimate of drug-likeness (QED) is 0.634. The first-order valence-corrected chi connectivity index (χ1v) is 4.80. The molecule has 2 fully saturated rings. The molecule has 0 radical (unpaired) electrons. The van der Waals surface area contributed by atoms with Crippen molar-refractivity contribution < 1.29 is 5.11 Å². The van der Waals surface area contributed by atoms with Gasteiger partial charge in [-0.05, 0) is 25.7 Å². The van der Waals surface area contributed by atoms with E-state index in [9.17, 15) is 5.11 Å². The Morgan fingerprint density at radius 2 is 2.17 bits per heavy atom. The van der Waals surface area contributed by atoms with E-state index in [1.54, 1.807) is 0 Å². The van der Waals surface area contributed by atoms with Gasteiger partial charge in [-0.1, -0.05) is 12.2 Å². The molecule has 0 atom stereocenters. The molecule has 1 aliphatic heterocycles. The summed E-state index contributed by atoms with van der Waals surface area (Å²) in [7, 11) is 0. The highest BCUT2D eigenvalue weighted by molar-refractivity contribution is 5.06. The first-order chi connectivity index (χ1) is 5.74. The predicted molar refractivity (Wildman–Crippen MR) is 48.9 cm³/mol. The van der Waals surface area contributed by atoms with Gasteiger partial charge in [-0.15, -0.1) is 0 Å². The molecule has 0 bridgehead atoms. The first-order valence-electron chi connectivity index (χ1n) is 4.80. The second-order valence-corrected chi connectivity index (χ2v) is 4.12. The van der Waals surface area contributed by atoms with Gasteiger partial charge in [0.25, 0.3) is 0 Å². The van der Waals surface area contributed by atoms with Crippen LogP contribution in [0.5, 0.6) is 0 Å². The lowest BCUT2D eigenvalue weighted by Crippen LogP contribution is -2.62. The molecule has 12 heavy (non-hydrogen) atoms. The van der Waals surface area contributed by atoms with Gasteiger partial charge < -0.3 is 5.11 Å². The van der Waals surface area contributed by atoms with E-state index in [1.807, 2.05) is 6.92 Å². The standard InChI is InChI=1S/C10H17NO/c1-2-3-6-11-7-10(12,8-11)9-4-5-9/h2-3,9,12H,4-8H2,1H3. The number of nitrogens with zero attached hydrogens (tertiary/aromatic N) is 1. The van der Waals surface area contributed by atoms with Crippen LogP contribution in [0.1, 0.15) is 19.8 Å². The van der Waals surface area contributed by atoms with Crippen molar-refractivity contribution in [2.45, 2.75) is 25.4 Å². The number of likely N-dealkylation sites (tertiary alicyclic amines) is 1. The molecule has 68 valence electrons. The van der Waals surface area contributed by atoms with Crippen LogP contribution in [-0.2, 0) is 0 Å². The number of allylic oxidation sites excluding steroid dienone is 1. The number of aliphatic hydroxyl groups is 1. The molecule has 0 aromatic carbocycles. The summed E-state index contributed by atoms with van der Waals surface area (Å²) in [6, 6.07) is 0. The van der Waals surface area contributed by atoms with Gasteiger partial charge in [-0.25, -0.2) is 0 Å². The number of β-amino-alcohol motifs (C(OH)–C–C–N with tert-alkyl or cyclic N) is 1. The Balaban J connectivity index is 1.74. The Labute approximate surface area is 73.9 Å². The average molecular weight is 167 g/mol. The highest BCUT2D eigenvalue weighted by atomic mass is 16.3. The molecule has 1 saturated carbocycles. The average Bonchev–Trinajstić information content (AvgIpc) is 2.77. The summed E-state index contributed by atoms with van der Waals surface area (Å²) < 4.78 is 0. The zero-order chi connectivity index (χ0) is 8.60. The molecule has 2 heteroatoms. The zero-order valence-electron chi connectivity index (χ0n) is 7.66. The predicted octanol–water partition coefficient (Wildman–Crippen LogP) is 1.02. The van der Waals surface area contributed by atoms with Crippen molar-refractivity contribution in [3.8, 4) is 0 Å². The molecule has 2 aliphatic rings. The van der Waals surface area contributed by atoms with E-state index in [0.717, 1.165) is 19.6 Å². The van der Waals surface area contributed by atoms with Crippen LogP contribution in [-0.4, -0.2) is 35.2 Å². The van der Waals surface area contributed by atoms with Gasteiger partial charge in [0.2, 0.25) is 0 Å². The second-order valence-electron chi connectivity index (χ2n) is 4.12. The summed E-state index contributed by atoms with van der Waals surface area (Å²) in [5, 5.41) is 9.95. The SMILES string of the molecule is CC=CCN1CC(O)(C2CC2)C1. The largest absolute Gasteiger partial charge is 0.387 e. The molecule has 1 N–H and O–H groups in total. The van der Waals surface area contributed by atoms with Crippen molar-refractivity contribution in [3.63, 3.8) is 0 Å². The summed E-state index contributed by atoms with van der Waals surface area (Å²) in [5.74, 6) is 0.624. The Morgan fingerprint density at radius 1 is 1.50 bits per heavy atom. The van der Waals surface area contributed by atoms with Crippen LogP contribution in [0.2, 0.25) is 0 Å². The highest BCUT2D eigenvalue weighted by Crippen LogP contribution is 2.44. The van der Waals surface area contributed by atoms with Crippen molar-refractivity contribution in [3.05, 3.63) is 12.2 Å². The number of hydrogen-bond donors (Lipinski definition) is 1. The topological polar surface area (TPSA) is 23.5 Å². The van der Waals surface area contributed by atoms with Crippen LogP contribution >= 0.6 is 0 Å². The fourth-order valence-electron chi connectivity index (χ4n) is 1.99. The summed E-state index contributed by atoms with van der Waals surface area (Å²) >= 11 is 0. The minimum atomic E-state index is -0.304. The van der Waals surface area contributed by atoms with E-state index in [-0.39, 0.29) is 5.60 Å². The number of hydrogen-bond acceptors (Lipinski definition) is 2. The van der Waals surface area contributed by atoms with E-state index < -0.39 is 0 Å². The Hall–Kier alpha value is -0.340. The monoisotopic (exact) mass is 167 g/mol. The van der Waals surface area contributed by atoms with Crippen molar-refractivity contribution >= 4 is 0 Å². The third kappa shape index (κ3) is 1.41. The van der Waals surface area contributed by atoms with Crippen LogP contribution in [0, 0.1) is 5.92 Å². The van der Waals surface area contributed by atoms with Crippen LogP contribution in [0.15, 0.2) is 12.2 Å². The van der Waals surface area contributed by atoms with E-state index >= 15 is 0 Å². The lowest BCUT2D eigenvalue weighted by molar-refractivity contribution is -0.108. The first kappa shape index (κ1) is 8.27. The lowest BCUT2D eigenvalue weighted by Gasteiger charge is -2.46. The van der Waals surface area contributed by atoms with Gasteiger partial charge in [0.05, 0.1) is 5.60 Å². The lowest BCUT2D eigenvalue weighted by atomic mass is 9.89. The minimum Gasteiger partial charge on any atom is -0.387 e. The Bertz CT molecular complexity index is 190. The van der Waals surface area contributed by atoms with Gasteiger partial charge in [0, 0.05) is 19.6 Å². The molecule has 0 unspecified atom stereocenters. The normalized spacial score (nSPS) is 29.2. The van der Waals surface area contributed by atoms with Crippen molar-refractivity contribution in [2.24, 2.45) is 5.92 Å². The van der Waals surface area contributed by atoms with Crippen LogP contribution in [0.25, 0.3) is 0 Å². The van der Waals surface area contributed by atoms with Crippen molar-refractivity contribution in [2.75, 3.05) is 19.6 Å². The molecule has 2 nitrogen and oxygen atoms in total. The Kier molecular flexibility index (Phi) is 1.97. The summed E-state index contributed by atoms with van der Waals surface area (Å²) in [5.41, 5.74) is -0.304. The maximum Gasteiger partial charge on any atom is 0.0928 e. The molecule has 0 aromatic rings. The molecule has 1 heterocycles. The third-order valence-corrected chi connectivity index (χ3v) is 2.93. The maximum atomic E-state index is 9.95. The van der Waals surface area contributed by atoms with Gasteiger partial charge in [-0.2, -0.15) is 0 Å². The van der Waals surface area contributed by atoms with Crippen LogP contribution < -0.4 is 0 Å². The van der Waals surface area contributed by atoms with E-state index in [0.29, 0.717) is 5.92 Å². The number of rotatable bonds is 3. The maximum absolute atomic E-state index is 9.95. The van der Waals surface area contributed by atoms with Gasteiger partial charge >= 0.3 is 0 Å². The molecule has 0 spiro atoms. The minimum absolute atomic E-state index is 0.304. The summed E-state index contributed by atoms with van der Waals surface area (Å²) in [4.78, 5) is 2.29. The fraction of sp³-hybridized carbons (Fsp3) is 0.800. The molecule has 1 saturated heterocycles. The van der Waals surface area contributed by atoms with Gasteiger partial charge in [-0.3, -0.25) is 4.90 Å². The van der Waals surface area contributed by atoms with Gasteiger partial charge in [0.1, 0.15) is 0 Å². The van der Waals surface area contributed by atoms with Crippen LogP contribution in [0.3, 0.4) is 0 Å². The third-order valence-electron chi connectivity index (χ3n) is 2.93. The molecule has 0 aromatic heterocycles. The second kappa shape index (κ2) is 2.86. The zero-order valence-corrected chi connectivity index (χ0v) is 7.66. The summed E-state index contributed by atoms with van der Waals surface area (Å²) in [6.07, 6.45) is 6.70. The van der Waals surface area contributed by atoms with E-state index in [4.69, 9.17) is 0 Å². The summed E-state index contributed by atoms with van der Waals surface area (Å²) in [6.45, 7) is 4.82. The highest BCUT2D eigenvalue weighted by Gasteiger charge is 2.51. The molecular weight excluding hydrogens is 150 g/mol. The Morgan fingerprint density at radius 3 is 2.67 bits per heavy atom. The van der Waals surface area contributed by atoms with E-state index in [2.05, 4.69) is 17.1 Å². The molecule has 2 rings (SSSR count). The van der Waals surface area contributed by atoms with E-state index in [1.165, 1.54) is 12.8 Å². The molecule has 1 aliphatic carbocycles. The van der Waals surface area contributed by atoms with Crippen molar-refractivity contribution in [1.82, 2.24) is 4.90 Å². The van der Waals surface area contributed by atoms with Crippen LogP contribution in [0.4, 0.5) is 0 Å². The molecular formula is C10H17NO. The molecule has 0 amide bonds. The van der Waals surface area contributed by atoms with Gasteiger partial charge in [0.15, 0.2) is 0 Å².